The summed E-state index contributed by atoms with van der Waals surface area (Å²) in [6.45, 7) is 1.82. The number of aliphatic hydroxyl groups excluding tert-OH is 1. The molecule has 2 aromatic rings. The number of rotatable bonds is 2. The van der Waals surface area contributed by atoms with Crippen molar-refractivity contribution in [1.29, 1.82) is 0 Å². The maximum absolute atomic E-state index is 9.97. The highest BCUT2D eigenvalue weighted by atomic mass is 35.5. The van der Waals surface area contributed by atoms with E-state index in [1.54, 1.807) is 18.2 Å². The molecule has 0 aliphatic rings. The summed E-state index contributed by atoms with van der Waals surface area (Å²) in [5.74, 6) is 1.23. The molecule has 0 amide bonds. The van der Waals surface area contributed by atoms with Crippen LogP contribution in [0.5, 0.6) is 0 Å². The second kappa shape index (κ2) is 4.18. The SMILES string of the molecule is Cc1ccc(C(O)c2cc(Cl)sc2Cl)o1. The second-order valence-electron chi connectivity index (χ2n) is 3.13. The molecular weight excluding hydrogens is 255 g/mol. The zero-order valence-electron chi connectivity index (χ0n) is 7.83. The van der Waals surface area contributed by atoms with Crippen LogP contribution >= 0.6 is 34.5 Å². The van der Waals surface area contributed by atoms with E-state index >= 15 is 0 Å². The number of hydrogen-bond donors (Lipinski definition) is 1. The van der Waals surface area contributed by atoms with Crippen molar-refractivity contribution in [2.24, 2.45) is 0 Å². The number of furan rings is 1. The van der Waals surface area contributed by atoms with Crippen LogP contribution in [-0.4, -0.2) is 5.11 Å². The van der Waals surface area contributed by atoms with Gasteiger partial charge in [0.05, 0.1) is 4.34 Å². The minimum atomic E-state index is -0.852. The van der Waals surface area contributed by atoms with Crippen LogP contribution in [0.2, 0.25) is 8.67 Å². The molecular formula is C10H8Cl2O2S. The molecule has 0 aromatic carbocycles. The molecule has 15 heavy (non-hydrogen) atoms. The fraction of sp³-hybridized carbons (Fsp3) is 0.200. The van der Waals surface area contributed by atoms with Gasteiger partial charge in [-0.25, -0.2) is 0 Å². The van der Waals surface area contributed by atoms with Crippen LogP contribution in [0.3, 0.4) is 0 Å². The highest BCUT2D eigenvalue weighted by molar-refractivity contribution is 7.20. The molecule has 2 heterocycles. The standard InChI is InChI=1S/C10H8Cl2O2S/c1-5-2-3-7(14-5)9(13)6-4-8(11)15-10(6)12/h2-4,9,13H,1H3. The van der Waals surface area contributed by atoms with Gasteiger partial charge in [-0.2, -0.15) is 0 Å². The van der Waals surface area contributed by atoms with Gasteiger partial charge in [-0.05, 0) is 25.1 Å². The van der Waals surface area contributed by atoms with E-state index in [2.05, 4.69) is 0 Å². The molecule has 1 N–H and O–H groups in total. The first-order valence-electron chi connectivity index (χ1n) is 4.27. The summed E-state index contributed by atoms with van der Waals surface area (Å²) >= 11 is 13.0. The molecule has 0 bridgehead atoms. The van der Waals surface area contributed by atoms with E-state index in [0.29, 0.717) is 20.0 Å². The molecule has 2 rings (SSSR count). The lowest BCUT2D eigenvalue weighted by molar-refractivity contribution is 0.188. The molecule has 0 aliphatic carbocycles. The first-order valence-corrected chi connectivity index (χ1v) is 5.84. The van der Waals surface area contributed by atoms with Gasteiger partial charge < -0.3 is 9.52 Å². The second-order valence-corrected chi connectivity index (χ2v) is 5.42. The van der Waals surface area contributed by atoms with Crippen LogP contribution in [0.4, 0.5) is 0 Å². The van der Waals surface area contributed by atoms with Crippen molar-refractivity contribution in [2.75, 3.05) is 0 Å². The highest BCUT2D eigenvalue weighted by Crippen LogP contribution is 2.37. The highest BCUT2D eigenvalue weighted by Gasteiger charge is 2.19. The van der Waals surface area contributed by atoms with Gasteiger partial charge in [0, 0.05) is 5.56 Å². The minimum Gasteiger partial charge on any atom is -0.463 e. The maximum atomic E-state index is 9.97. The first kappa shape index (κ1) is 11.0. The van der Waals surface area contributed by atoms with Crippen LogP contribution in [0.1, 0.15) is 23.2 Å². The van der Waals surface area contributed by atoms with Crippen molar-refractivity contribution in [2.45, 2.75) is 13.0 Å². The van der Waals surface area contributed by atoms with Crippen LogP contribution in [-0.2, 0) is 0 Å². The van der Waals surface area contributed by atoms with Gasteiger partial charge in [-0.15, -0.1) is 11.3 Å². The first-order chi connectivity index (χ1) is 7.08. The minimum absolute atomic E-state index is 0.476. The molecule has 1 unspecified atom stereocenters. The summed E-state index contributed by atoms with van der Waals surface area (Å²) in [6, 6.07) is 5.17. The normalized spacial score (nSPS) is 13.1. The number of aliphatic hydroxyl groups is 1. The predicted molar refractivity (Wildman–Crippen MR) is 61.8 cm³/mol. The third-order valence-corrected chi connectivity index (χ3v) is 3.53. The Labute approximate surface area is 101 Å². The Balaban J connectivity index is 2.35. The fourth-order valence-corrected chi connectivity index (χ4v) is 2.81. The summed E-state index contributed by atoms with van der Waals surface area (Å²) in [6.07, 6.45) is -0.852. The van der Waals surface area contributed by atoms with E-state index in [1.807, 2.05) is 6.92 Å². The summed E-state index contributed by atoms with van der Waals surface area (Å²) in [5.41, 5.74) is 0.584. The molecule has 0 spiro atoms. The monoisotopic (exact) mass is 262 g/mol. The summed E-state index contributed by atoms with van der Waals surface area (Å²) in [7, 11) is 0. The van der Waals surface area contributed by atoms with E-state index in [0.717, 1.165) is 5.76 Å². The van der Waals surface area contributed by atoms with Crippen LogP contribution in [0.15, 0.2) is 22.6 Å². The van der Waals surface area contributed by atoms with Gasteiger partial charge in [0.2, 0.25) is 0 Å². The topological polar surface area (TPSA) is 33.4 Å². The Morgan fingerprint density at radius 1 is 1.40 bits per heavy atom. The molecule has 80 valence electrons. The Bertz CT molecular complexity index is 475. The Morgan fingerprint density at radius 3 is 2.60 bits per heavy atom. The average Bonchev–Trinajstić information content (AvgIpc) is 2.71. The molecule has 2 nitrogen and oxygen atoms in total. The zero-order chi connectivity index (χ0) is 11.0. The maximum Gasteiger partial charge on any atom is 0.139 e. The molecule has 0 fully saturated rings. The lowest BCUT2D eigenvalue weighted by Gasteiger charge is -2.05. The number of halogens is 2. The van der Waals surface area contributed by atoms with Gasteiger partial charge >= 0.3 is 0 Å². The Kier molecular flexibility index (Phi) is 3.07. The van der Waals surface area contributed by atoms with E-state index < -0.39 is 6.10 Å². The van der Waals surface area contributed by atoms with E-state index in [-0.39, 0.29) is 0 Å². The van der Waals surface area contributed by atoms with Crippen molar-refractivity contribution in [3.05, 3.63) is 44.0 Å². The van der Waals surface area contributed by atoms with Gasteiger partial charge in [0.25, 0.3) is 0 Å². The van der Waals surface area contributed by atoms with Gasteiger partial charge in [0.1, 0.15) is 22.0 Å². The number of hydrogen-bond acceptors (Lipinski definition) is 3. The number of aryl methyl sites for hydroxylation is 1. The average molecular weight is 263 g/mol. The van der Waals surface area contributed by atoms with Crippen molar-refractivity contribution in [1.82, 2.24) is 0 Å². The van der Waals surface area contributed by atoms with Gasteiger partial charge in [0.15, 0.2) is 0 Å². The quantitative estimate of drug-likeness (QED) is 0.887. The smallest absolute Gasteiger partial charge is 0.139 e. The molecule has 2 aromatic heterocycles. The molecule has 0 saturated carbocycles. The third kappa shape index (κ3) is 2.21. The Hall–Kier alpha value is -0.480. The molecule has 1 atom stereocenters. The number of thiophene rings is 1. The zero-order valence-corrected chi connectivity index (χ0v) is 10.2. The summed E-state index contributed by atoms with van der Waals surface area (Å²) in [4.78, 5) is 0. The predicted octanol–water partition coefficient (Wildman–Crippen LogP) is 4.04. The lowest BCUT2D eigenvalue weighted by Crippen LogP contribution is -1.96. The van der Waals surface area contributed by atoms with E-state index in [9.17, 15) is 5.11 Å². The molecule has 0 aliphatic heterocycles. The van der Waals surface area contributed by atoms with Crippen molar-refractivity contribution in [3.8, 4) is 0 Å². The summed E-state index contributed by atoms with van der Waals surface area (Å²) in [5, 5.41) is 9.97. The Morgan fingerprint density at radius 2 is 2.13 bits per heavy atom. The van der Waals surface area contributed by atoms with Crippen LogP contribution in [0, 0.1) is 6.92 Å². The lowest BCUT2D eigenvalue weighted by atomic mass is 10.1. The van der Waals surface area contributed by atoms with E-state index in [4.69, 9.17) is 27.6 Å². The molecule has 0 radical (unpaired) electrons. The summed E-state index contributed by atoms with van der Waals surface area (Å²) < 4.78 is 6.36. The van der Waals surface area contributed by atoms with Crippen molar-refractivity contribution >= 4 is 34.5 Å². The van der Waals surface area contributed by atoms with Crippen LogP contribution < -0.4 is 0 Å². The fourth-order valence-electron chi connectivity index (χ4n) is 1.29. The largest absolute Gasteiger partial charge is 0.463 e. The van der Waals surface area contributed by atoms with Gasteiger partial charge in [-0.1, -0.05) is 23.2 Å². The third-order valence-electron chi connectivity index (χ3n) is 2.01. The van der Waals surface area contributed by atoms with Crippen molar-refractivity contribution < 1.29 is 9.52 Å². The van der Waals surface area contributed by atoms with Gasteiger partial charge in [-0.3, -0.25) is 0 Å². The molecule has 5 heteroatoms. The van der Waals surface area contributed by atoms with Crippen LogP contribution in [0.25, 0.3) is 0 Å². The van der Waals surface area contributed by atoms with Crippen molar-refractivity contribution in [3.63, 3.8) is 0 Å². The van der Waals surface area contributed by atoms with E-state index in [1.165, 1.54) is 11.3 Å². The molecule has 0 saturated heterocycles.